The first-order valence-corrected chi connectivity index (χ1v) is 8.34. The van der Waals surface area contributed by atoms with Crippen molar-refractivity contribution in [2.24, 2.45) is 0 Å². The molecule has 0 amide bonds. The van der Waals surface area contributed by atoms with Gasteiger partial charge in [-0.15, -0.1) is 0 Å². The molecule has 0 atom stereocenters. The lowest BCUT2D eigenvalue weighted by atomic mass is 10.1. The minimum absolute atomic E-state index is 0.00218. The molecule has 0 saturated heterocycles. The fourth-order valence-corrected chi connectivity index (χ4v) is 3.06. The summed E-state index contributed by atoms with van der Waals surface area (Å²) in [5, 5.41) is 4.61. The van der Waals surface area contributed by atoms with E-state index in [2.05, 4.69) is 15.1 Å². The molecule has 3 heterocycles. The van der Waals surface area contributed by atoms with E-state index in [1.807, 2.05) is 19.1 Å². The third kappa shape index (κ3) is 2.74. The largest absolute Gasteiger partial charge is 0.326 e. The molecule has 1 aromatic carbocycles. The maximum atomic E-state index is 13.5. The van der Waals surface area contributed by atoms with Crippen molar-refractivity contribution >= 4 is 17.2 Å². The van der Waals surface area contributed by atoms with Gasteiger partial charge in [0.2, 0.25) is 0 Å². The molecule has 0 spiro atoms. The third-order valence-corrected chi connectivity index (χ3v) is 4.42. The molecule has 0 fully saturated rings. The first kappa shape index (κ1) is 16.7. The van der Waals surface area contributed by atoms with Gasteiger partial charge in [-0.05, 0) is 37.3 Å². The smallest absolute Gasteiger partial charge is 0.153 e. The molecule has 26 heavy (non-hydrogen) atoms. The van der Waals surface area contributed by atoms with Crippen LogP contribution in [0.4, 0.5) is 8.78 Å². The summed E-state index contributed by atoms with van der Waals surface area (Å²) in [4.78, 5) is 8.65. The van der Waals surface area contributed by atoms with Gasteiger partial charge in [0.25, 0.3) is 0 Å². The normalized spacial score (nSPS) is 11.4. The Morgan fingerprint density at radius 1 is 1.15 bits per heavy atom. The second kappa shape index (κ2) is 6.49. The lowest BCUT2D eigenvalue weighted by Gasteiger charge is -2.09. The minimum Gasteiger partial charge on any atom is -0.326 e. The summed E-state index contributed by atoms with van der Waals surface area (Å²) in [5.41, 5.74) is 4.04. The van der Waals surface area contributed by atoms with E-state index in [4.69, 9.17) is 11.6 Å². The second-order valence-corrected chi connectivity index (χ2v) is 6.25. The fourth-order valence-electron chi connectivity index (χ4n) is 2.88. The Morgan fingerprint density at radius 3 is 2.77 bits per heavy atom. The monoisotopic (exact) mass is 373 g/mol. The van der Waals surface area contributed by atoms with E-state index >= 15 is 0 Å². The molecule has 0 saturated carbocycles. The number of nitrogens with zero attached hydrogens (tertiary/aromatic N) is 5. The fraction of sp³-hybridized carbons (Fsp3) is 0.167. The van der Waals surface area contributed by atoms with Crippen LogP contribution >= 0.6 is 11.6 Å². The number of benzene rings is 1. The van der Waals surface area contributed by atoms with Gasteiger partial charge < -0.3 is 4.57 Å². The molecule has 0 aliphatic rings. The third-order valence-electron chi connectivity index (χ3n) is 4.13. The summed E-state index contributed by atoms with van der Waals surface area (Å²) >= 11 is 5.92. The van der Waals surface area contributed by atoms with Crippen LogP contribution < -0.4 is 0 Å². The zero-order valence-electron chi connectivity index (χ0n) is 13.8. The highest BCUT2D eigenvalue weighted by molar-refractivity contribution is 6.31. The van der Waals surface area contributed by atoms with Gasteiger partial charge in [-0.25, -0.2) is 23.3 Å². The van der Waals surface area contributed by atoms with Gasteiger partial charge in [-0.3, -0.25) is 0 Å². The number of alkyl halides is 1. The summed E-state index contributed by atoms with van der Waals surface area (Å²) in [6.07, 6.45) is 3.28. The quantitative estimate of drug-likeness (QED) is 0.535. The molecule has 3 aromatic heterocycles. The van der Waals surface area contributed by atoms with Crippen molar-refractivity contribution in [3.05, 3.63) is 59.4 Å². The molecule has 5 nitrogen and oxygen atoms in total. The van der Waals surface area contributed by atoms with Gasteiger partial charge in [-0.2, -0.15) is 5.10 Å². The van der Waals surface area contributed by atoms with Gasteiger partial charge >= 0.3 is 0 Å². The number of hydrogen-bond acceptors (Lipinski definition) is 3. The molecule has 4 rings (SSSR count). The van der Waals surface area contributed by atoms with Crippen molar-refractivity contribution < 1.29 is 8.78 Å². The average molecular weight is 374 g/mol. The lowest BCUT2D eigenvalue weighted by molar-refractivity contribution is 0.447. The maximum absolute atomic E-state index is 13.5. The highest BCUT2D eigenvalue weighted by Crippen LogP contribution is 2.32. The minimum atomic E-state index is -0.542. The standard InChI is InChI=1S/C18H14ClF2N5/c1-11-9-22-16-5-4-15(24-26(11)16)18-17(23-10-25(18)7-6-20)12-2-3-14(21)13(19)8-12/h2-5,8-10H,6-7H2,1H3. The van der Waals surface area contributed by atoms with Crippen LogP contribution in [0.2, 0.25) is 5.02 Å². The molecule has 0 aliphatic carbocycles. The lowest BCUT2D eigenvalue weighted by Crippen LogP contribution is -2.04. The van der Waals surface area contributed by atoms with E-state index in [0.717, 1.165) is 5.69 Å². The number of fused-ring (bicyclic) bond motifs is 1. The highest BCUT2D eigenvalue weighted by Gasteiger charge is 2.18. The Hall–Kier alpha value is -2.80. The zero-order valence-corrected chi connectivity index (χ0v) is 14.6. The molecule has 0 N–H and O–H groups in total. The highest BCUT2D eigenvalue weighted by atomic mass is 35.5. The van der Waals surface area contributed by atoms with E-state index < -0.39 is 12.5 Å². The summed E-state index contributed by atoms with van der Waals surface area (Å²) < 4.78 is 29.9. The van der Waals surface area contributed by atoms with Crippen LogP contribution in [0.5, 0.6) is 0 Å². The van der Waals surface area contributed by atoms with Crippen LogP contribution in [0, 0.1) is 12.7 Å². The number of imidazole rings is 2. The van der Waals surface area contributed by atoms with E-state index in [-0.39, 0.29) is 11.6 Å². The molecule has 8 heteroatoms. The number of rotatable bonds is 4. The number of aryl methyl sites for hydroxylation is 2. The molecular weight excluding hydrogens is 360 g/mol. The SMILES string of the molecule is Cc1cnc2ccc(-c3c(-c4ccc(F)c(Cl)c4)ncn3CCF)nn12. The van der Waals surface area contributed by atoms with Crippen LogP contribution in [-0.2, 0) is 6.54 Å². The zero-order chi connectivity index (χ0) is 18.3. The van der Waals surface area contributed by atoms with Crippen molar-refractivity contribution in [3.8, 4) is 22.6 Å². The van der Waals surface area contributed by atoms with Gasteiger partial charge in [0.05, 0.1) is 41.2 Å². The predicted octanol–water partition coefficient (Wildman–Crippen LogP) is 4.33. The Balaban J connectivity index is 1.93. The molecular formula is C18H14ClF2N5. The van der Waals surface area contributed by atoms with Crippen molar-refractivity contribution in [3.63, 3.8) is 0 Å². The van der Waals surface area contributed by atoms with Gasteiger partial charge in [0.1, 0.15) is 18.2 Å². The summed E-state index contributed by atoms with van der Waals surface area (Å²) in [7, 11) is 0. The van der Waals surface area contributed by atoms with Crippen molar-refractivity contribution in [1.82, 2.24) is 24.1 Å². The van der Waals surface area contributed by atoms with Crippen LogP contribution in [0.15, 0.2) is 42.9 Å². The Bertz CT molecular complexity index is 1100. The Morgan fingerprint density at radius 2 is 2.00 bits per heavy atom. The second-order valence-electron chi connectivity index (χ2n) is 5.84. The predicted molar refractivity (Wildman–Crippen MR) is 95.3 cm³/mol. The Kier molecular flexibility index (Phi) is 4.16. The van der Waals surface area contributed by atoms with Crippen molar-refractivity contribution in [2.45, 2.75) is 13.5 Å². The van der Waals surface area contributed by atoms with Crippen LogP contribution in [0.3, 0.4) is 0 Å². The molecule has 0 unspecified atom stereocenters. The van der Waals surface area contributed by atoms with E-state index in [0.29, 0.717) is 28.3 Å². The van der Waals surface area contributed by atoms with Gasteiger partial charge in [0, 0.05) is 5.56 Å². The number of halogens is 3. The number of hydrogen-bond donors (Lipinski definition) is 0. The topological polar surface area (TPSA) is 48.0 Å². The maximum Gasteiger partial charge on any atom is 0.153 e. The summed E-state index contributed by atoms with van der Waals surface area (Å²) in [6, 6.07) is 8.02. The molecule has 0 aliphatic heterocycles. The van der Waals surface area contributed by atoms with Gasteiger partial charge in [-0.1, -0.05) is 11.6 Å². The molecule has 0 bridgehead atoms. The van der Waals surface area contributed by atoms with Crippen molar-refractivity contribution in [1.29, 1.82) is 0 Å². The summed E-state index contributed by atoms with van der Waals surface area (Å²) in [6.45, 7) is 1.50. The first-order valence-electron chi connectivity index (χ1n) is 7.97. The molecule has 4 aromatic rings. The summed E-state index contributed by atoms with van der Waals surface area (Å²) in [5.74, 6) is -0.506. The van der Waals surface area contributed by atoms with Crippen molar-refractivity contribution in [2.75, 3.05) is 6.67 Å². The van der Waals surface area contributed by atoms with Crippen LogP contribution in [-0.4, -0.2) is 30.8 Å². The average Bonchev–Trinajstić information content (AvgIpc) is 3.21. The van der Waals surface area contributed by atoms with Crippen LogP contribution in [0.25, 0.3) is 28.3 Å². The Labute approximate surface area is 152 Å². The molecule has 0 radical (unpaired) electrons. The first-order chi connectivity index (χ1) is 12.6. The number of aromatic nitrogens is 5. The van der Waals surface area contributed by atoms with E-state index in [1.165, 1.54) is 12.1 Å². The van der Waals surface area contributed by atoms with E-state index in [9.17, 15) is 8.78 Å². The van der Waals surface area contributed by atoms with Crippen LogP contribution in [0.1, 0.15) is 5.69 Å². The van der Waals surface area contributed by atoms with Gasteiger partial charge in [0.15, 0.2) is 5.65 Å². The van der Waals surface area contributed by atoms with E-state index in [1.54, 1.807) is 27.7 Å². The molecule has 132 valence electrons.